The van der Waals surface area contributed by atoms with E-state index in [1.807, 2.05) is 12.2 Å². The molecule has 0 aliphatic heterocycles. The molecule has 5 unspecified atom stereocenters. The van der Waals surface area contributed by atoms with E-state index in [0.717, 1.165) is 122 Å². The highest BCUT2D eigenvalue weighted by Crippen LogP contribution is 2.45. The summed E-state index contributed by atoms with van der Waals surface area (Å²) >= 11 is 0. The fourth-order valence-corrected chi connectivity index (χ4v) is 11.9. The topological polar surface area (TPSA) is 237 Å². The van der Waals surface area contributed by atoms with Crippen LogP contribution >= 0.6 is 15.6 Å². The number of hydrogen-bond donors (Lipinski definition) is 3. The Morgan fingerprint density at radius 3 is 0.896 bits per heavy atom. The van der Waals surface area contributed by atoms with Crippen molar-refractivity contribution >= 4 is 39.5 Å². The fourth-order valence-electron chi connectivity index (χ4n) is 10.4. The molecular formula is C77H138O17P2. The number of phosphoric ester groups is 2. The van der Waals surface area contributed by atoms with Gasteiger partial charge >= 0.3 is 39.5 Å². The number of rotatable bonds is 72. The van der Waals surface area contributed by atoms with Gasteiger partial charge in [-0.15, -0.1) is 0 Å². The minimum Gasteiger partial charge on any atom is -0.462 e. The van der Waals surface area contributed by atoms with Crippen molar-refractivity contribution in [1.29, 1.82) is 0 Å². The highest BCUT2D eigenvalue weighted by molar-refractivity contribution is 7.47. The van der Waals surface area contributed by atoms with Crippen molar-refractivity contribution < 1.29 is 80.2 Å². The molecule has 5 atom stereocenters. The van der Waals surface area contributed by atoms with Gasteiger partial charge in [-0.25, -0.2) is 9.13 Å². The zero-order valence-corrected chi connectivity index (χ0v) is 62.6. The average Bonchev–Trinajstić information content (AvgIpc) is 3.12. The molecule has 0 spiro atoms. The zero-order valence-electron chi connectivity index (χ0n) is 60.8. The summed E-state index contributed by atoms with van der Waals surface area (Å²) in [5, 5.41) is 10.6. The van der Waals surface area contributed by atoms with Crippen LogP contribution in [0.2, 0.25) is 0 Å². The minimum atomic E-state index is -4.98. The van der Waals surface area contributed by atoms with Gasteiger partial charge in [0.05, 0.1) is 26.4 Å². The Bertz CT molecular complexity index is 2110. The Kier molecular flexibility index (Phi) is 67.4. The Balaban J connectivity index is 5.36. The van der Waals surface area contributed by atoms with E-state index in [9.17, 15) is 43.2 Å². The first-order valence-electron chi connectivity index (χ1n) is 38.2. The van der Waals surface area contributed by atoms with Crippen molar-refractivity contribution in [3.05, 3.63) is 72.9 Å². The first kappa shape index (κ1) is 92.5. The standard InChI is InChI=1S/C77H138O17P2/c1-5-9-13-17-21-25-29-33-34-35-36-40-42-46-50-54-58-62-75(80)88-68-73(94-77(82)64-60-56-52-48-44-39-32-28-24-20-16-12-8-4)70-92-96(85,86)90-66-71(78)65-89-95(83,84)91-69-72(93-76(81)63-59-55-51-47-43-38-31-27-23-19-15-11-7-3)67-87-74(79)61-57-53-49-45-41-37-30-26-22-18-14-10-6-2/h9,13,21,25-26,30,33-34,36,40,46,50,71-73,78H,5-8,10-12,14-20,22-24,27-29,31-32,35,37-39,41-45,47-49,51-70H2,1-4H3,(H,83,84)(H,85,86)/b13-9-,25-21-,30-26-,34-33-,40-36-,50-46-. The fraction of sp³-hybridized carbons (Fsp3) is 0.792. The molecule has 0 aliphatic carbocycles. The molecule has 0 aliphatic rings. The summed E-state index contributed by atoms with van der Waals surface area (Å²) in [6.07, 6.45) is 69.0. The van der Waals surface area contributed by atoms with Gasteiger partial charge < -0.3 is 33.8 Å². The molecule has 96 heavy (non-hydrogen) atoms. The number of hydrogen-bond acceptors (Lipinski definition) is 15. The molecule has 0 aromatic carbocycles. The molecule has 0 heterocycles. The monoisotopic (exact) mass is 1400 g/mol. The van der Waals surface area contributed by atoms with Crippen LogP contribution < -0.4 is 0 Å². The SMILES string of the molecule is CC/C=C\C/C=C\C/C=C\C/C=C\C/C=C\CCCC(=O)OCC(COP(=O)(O)OCC(O)COP(=O)(O)OCC(COC(=O)CCCCCCC/C=C\CCCCCC)OC(=O)CCCCCCCCCCCCCCC)OC(=O)CCCCCCCCCCCCCCC. The number of aliphatic hydroxyl groups excluding tert-OH is 1. The third-order valence-electron chi connectivity index (χ3n) is 16.2. The predicted molar refractivity (Wildman–Crippen MR) is 390 cm³/mol. The number of phosphoric acid groups is 2. The highest BCUT2D eigenvalue weighted by Gasteiger charge is 2.30. The van der Waals surface area contributed by atoms with Gasteiger partial charge in [-0.1, -0.05) is 293 Å². The predicted octanol–water partition coefficient (Wildman–Crippen LogP) is 21.7. The number of esters is 4. The lowest BCUT2D eigenvalue weighted by molar-refractivity contribution is -0.161. The van der Waals surface area contributed by atoms with Gasteiger partial charge in [0.2, 0.25) is 0 Å². The molecule has 0 saturated heterocycles. The average molecular weight is 1400 g/mol. The van der Waals surface area contributed by atoms with E-state index >= 15 is 0 Å². The molecular weight excluding hydrogens is 1260 g/mol. The number of allylic oxidation sites excluding steroid dienone is 12. The largest absolute Gasteiger partial charge is 0.472 e. The first-order chi connectivity index (χ1) is 46.7. The zero-order chi connectivity index (χ0) is 70.4. The van der Waals surface area contributed by atoms with Crippen LogP contribution in [0.4, 0.5) is 0 Å². The lowest BCUT2D eigenvalue weighted by Gasteiger charge is -2.21. The first-order valence-corrected chi connectivity index (χ1v) is 41.2. The van der Waals surface area contributed by atoms with E-state index < -0.39 is 97.5 Å². The van der Waals surface area contributed by atoms with Gasteiger partial charge in [0.15, 0.2) is 12.2 Å². The third kappa shape index (κ3) is 69.0. The van der Waals surface area contributed by atoms with E-state index in [1.165, 1.54) is 128 Å². The maximum atomic E-state index is 13.1. The van der Waals surface area contributed by atoms with Gasteiger partial charge in [-0.2, -0.15) is 0 Å². The van der Waals surface area contributed by atoms with Gasteiger partial charge in [0.1, 0.15) is 19.3 Å². The number of ether oxygens (including phenoxy) is 4. The Morgan fingerprint density at radius 2 is 0.552 bits per heavy atom. The normalized spacial score (nSPS) is 14.4. The van der Waals surface area contributed by atoms with Crippen molar-refractivity contribution in [2.45, 2.75) is 354 Å². The van der Waals surface area contributed by atoms with Crippen LogP contribution in [0.5, 0.6) is 0 Å². The van der Waals surface area contributed by atoms with E-state index in [0.29, 0.717) is 32.1 Å². The summed E-state index contributed by atoms with van der Waals surface area (Å²) in [5.41, 5.74) is 0. The molecule has 0 bridgehead atoms. The van der Waals surface area contributed by atoms with Crippen molar-refractivity contribution in [2.24, 2.45) is 0 Å². The molecule has 0 fully saturated rings. The van der Waals surface area contributed by atoms with E-state index in [4.69, 9.17) is 37.0 Å². The lowest BCUT2D eigenvalue weighted by Crippen LogP contribution is -2.30. The van der Waals surface area contributed by atoms with Crippen LogP contribution in [-0.4, -0.2) is 96.7 Å². The van der Waals surface area contributed by atoms with E-state index in [-0.39, 0.29) is 25.7 Å². The van der Waals surface area contributed by atoms with Crippen molar-refractivity contribution in [2.75, 3.05) is 39.6 Å². The molecule has 19 heteroatoms. The van der Waals surface area contributed by atoms with Crippen molar-refractivity contribution in [3.8, 4) is 0 Å². The molecule has 0 amide bonds. The quantitative estimate of drug-likeness (QED) is 0.0169. The smallest absolute Gasteiger partial charge is 0.462 e. The molecule has 17 nitrogen and oxygen atoms in total. The Morgan fingerprint density at radius 1 is 0.302 bits per heavy atom. The number of carbonyl (C=O) groups is 4. The highest BCUT2D eigenvalue weighted by atomic mass is 31.2. The molecule has 0 saturated carbocycles. The van der Waals surface area contributed by atoms with Crippen LogP contribution in [0.1, 0.15) is 336 Å². The van der Waals surface area contributed by atoms with Crippen molar-refractivity contribution in [3.63, 3.8) is 0 Å². The summed E-state index contributed by atoms with van der Waals surface area (Å²) in [6.45, 7) is 4.71. The third-order valence-corrected chi connectivity index (χ3v) is 18.1. The van der Waals surface area contributed by atoms with Gasteiger partial charge in [-0.3, -0.25) is 37.3 Å². The van der Waals surface area contributed by atoms with Gasteiger partial charge in [-0.05, 0) is 89.9 Å². The molecule has 0 radical (unpaired) electrons. The molecule has 3 N–H and O–H groups in total. The summed E-state index contributed by atoms with van der Waals surface area (Å²) in [4.78, 5) is 72.8. The maximum absolute atomic E-state index is 13.1. The van der Waals surface area contributed by atoms with E-state index in [2.05, 4.69) is 88.5 Å². The second kappa shape index (κ2) is 70.0. The van der Waals surface area contributed by atoms with Crippen molar-refractivity contribution in [1.82, 2.24) is 0 Å². The van der Waals surface area contributed by atoms with Gasteiger partial charge in [0, 0.05) is 25.7 Å². The molecule has 0 aromatic heterocycles. The number of unbranched alkanes of at least 4 members (excludes halogenated alkanes) is 34. The van der Waals surface area contributed by atoms with Crippen LogP contribution in [0, 0.1) is 0 Å². The molecule has 0 aromatic rings. The minimum absolute atomic E-state index is 0.0868. The van der Waals surface area contributed by atoms with Crippen LogP contribution in [0.15, 0.2) is 72.9 Å². The lowest BCUT2D eigenvalue weighted by atomic mass is 10.0. The van der Waals surface area contributed by atoms with E-state index in [1.54, 1.807) is 0 Å². The second-order valence-corrected chi connectivity index (χ2v) is 28.5. The Hall–Kier alpha value is -3.50. The summed E-state index contributed by atoms with van der Waals surface area (Å²) in [7, 11) is -9.95. The van der Waals surface area contributed by atoms with Crippen LogP contribution in [0.25, 0.3) is 0 Å². The number of carbonyl (C=O) groups excluding carboxylic acids is 4. The number of aliphatic hydroxyl groups is 1. The maximum Gasteiger partial charge on any atom is 0.472 e. The molecule has 0 rings (SSSR count). The second-order valence-electron chi connectivity index (χ2n) is 25.6. The van der Waals surface area contributed by atoms with Crippen LogP contribution in [-0.2, 0) is 65.4 Å². The summed E-state index contributed by atoms with van der Waals surface area (Å²) in [6, 6.07) is 0. The molecule has 558 valence electrons. The van der Waals surface area contributed by atoms with Gasteiger partial charge in [0.25, 0.3) is 0 Å². The Labute approximate surface area is 583 Å². The van der Waals surface area contributed by atoms with Crippen LogP contribution in [0.3, 0.4) is 0 Å². The summed E-state index contributed by atoms with van der Waals surface area (Å²) < 4.78 is 68.4. The summed E-state index contributed by atoms with van der Waals surface area (Å²) in [5.74, 6) is -2.22.